The van der Waals surface area contributed by atoms with Gasteiger partial charge in [0.25, 0.3) is 0 Å². The Morgan fingerprint density at radius 3 is 2.46 bits per heavy atom. The Morgan fingerprint density at radius 2 is 1.96 bits per heavy atom. The van der Waals surface area contributed by atoms with Crippen molar-refractivity contribution in [1.29, 1.82) is 0 Å². The van der Waals surface area contributed by atoms with E-state index in [1.165, 1.54) is 0 Å². The number of hydrogen-bond acceptors (Lipinski definition) is 4. The number of carboxylic acid groups (broad SMARTS) is 1. The van der Waals surface area contributed by atoms with Gasteiger partial charge in [0.05, 0.1) is 18.8 Å². The van der Waals surface area contributed by atoms with Gasteiger partial charge >= 0.3 is 18.1 Å². The van der Waals surface area contributed by atoms with E-state index in [9.17, 15) is 22.8 Å². The maximum absolute atomic E-state index is 13.2. The summed E-state index contributed by atoms with van der Waals surface area (Å²) >= 11 is 0. The second-order valence-corrected chi connectivity index (χ2v) is 5.84. The number of halogens is 3. The fraction of sp³-hybridized carbons (Fsp3) is 0.667. The lowest BCUT2D eigenvalue weighted by Gasteiger charge is -2.29. The van der Waals surface area contributed by atoms with Crippen LogP contribution in [-0.2, 0) is 15.7 Å². The number of carbonyl (C=O) groups excluding carboxylic acids is 1. The van der Waals surface area contributed by atoms with Gasteiger partial charge in [-0.15, -0.1) is 0 Å². The first kappa shape index (κ1) is 18.3. The molecule has 0 radical (unpaired) electrons. The summed E-state index contributed by atoms with van der Waals surface area (Å²) in [6.07, 6.45) is -1.82. The van der Waals surface area contributed by atoms with Gasteiger partial charge in [0.1, 0.15) is 5.56 Å². The van der Waals surface area contributed by atoms with Crippen LogP contribution in [-0.4, -0.2) is 33.4 Å². The highest BCUT2D eigenvalue weighted by atomic mass is 19.4. The van der Waals surface area contributed by atoms with Crippen molar-refractivity contribution in [2.75, 3.05) is 6.61 Å². The zero-order valence-electron chi connectivity index (χ0n) is 13.2. The lowest BCUT2D eigenvalue weighted by molar-refractivity contribution is -0.145. The maximum Gasteiger partial charge on any atom is 0.433 e. The van der Waals surface area contributed by atoms with Gasteiger partial charge in [-0.25, -0.2) is 4.79 Å². The molecule has 1 aromatic heterocycles. The van der Waals surface area contributed by atoms with E-state index >= 15 is 0 Å². The number of rotatable bonds is 5. The SMILES string of the molecule is CCOC(=O)C[C@H]1CC[C@H](n2ncc(C(=O)O)c2C(F)(F)F)CC1. The summed E-state index contributed by atoms with van der Waals surface area (Å²) in [4.78, 5) is 22.5. The van der Waals surface area contributed by atoms with Crippen LogP contribution in [0.3, 0.4) is 0 Å². The number of ether oxygens (including phenoxy) is 1. The molecule has 0 amide bonds. The van der Waals surface area contributed by atoms with Crippen LogP contribution in [0.1, 0.15) is 61.1 Å². The molecule has 1 fully saturated rings. The Labute approximate surface area is 136 Å². The minimum atomic E-state index is -4.79. The van der Waals surface area contributed by atoms with Crippen molar-refractivity contribution in [3.63, 3.8) is 0 Å². The first-order chi connectivity index (χ1) is 11.2. The molecular weight excluding hydrogens is 329 g/mol. The Bertz CT molecular complexity index is 604. The third-order valence-corrected chi connectivity index (χ3v) is 4.22. The predicted octanol–water partition coefficient (Wildman–Crippen LogP) is 3.28. The molecular formula is C15H19F3N2O4. The fourth-order valence-corrected chi connectivity index (χ4v) is 3.13. The molecule has 1 aliphatic rings. The normalized spacial score (nSPS) is 21.5. The number of carbonyl (C=O) groups is 2. The molecule has 0 aromatic carbocycles. The molecule has 24 heavy (non-hydrogen) atoms. The third kappa shape index (κ3) is 4.07. The summed E-state index contributed by atoms with van der Waals surface area (Å²) in [5.41, 5.74) is -2.06. The van der Waals surface area contributed by atoms with Gasteiger partial charge in [-0.3, -0.25) is 9.48 Å². The predicted molar refractivity (Wildman–Crippen MR) is 76.4 cm³/mol. The van der Waals surface area contributed by atoms with E-state index in [0.717, 1.165) is 10.9 Å². The molecule has 0 spiro atoms. The van der Waals surface area contributed by atoms with Gasteiger partial charge in [-0.2, -0.15) is 18.3 Å². The van der Waals surface area contributed by atoms with E-state index in [1.54, 1.807) is 6.92 Å². The van der Waals surface area contributed by atoms with Crippen LogP contribution in [0.4, 0.5) is 13.2 Å². The van der Waals surface area contributed by atoms with E-state index in [0.29, 0.717) is 32.3 Å². The highest BCUT2D eigenvalue weighted by Gasteiger charge is 2.42. The average Bonchev–Trinajstić information content (AvgIpc) is 2.93. The number of alkyl halides is 3. The van der Waals surface area contributed by atoms with Crippen molar-refractivity contribution in [2.24, 2.45) is 5.92 Å². The standard InChI is InChI=1S/C15H19F3N2O4/c1-2-24-12(21)7-9-3-5-10(6-4-9)20-13(15(16,17)18)11(8-19-20)14(22)23/h8-10H,2-7H2,1H3,(H,22,23)/t9-,10-. The molecule has 1 aromatic rings. The summed E-state index contributed by atoms with van der Waals surface area (Å²) in [5.74, 6) is -1.88. The molecule has 0 atom stereocenters. The number of carboxylic acids is 1. The van der Waals surface area contributed by atoms with Gasteiger partial charge < -0.3 is 9.84 Å². The highest BCUT2D eigenvalue weighted by molar-refractivity contribution is 5.88. The second-order valence-electron chi connectivity index (χ2n) is 5.84. The van der Waals surface area contributed by atoms with E-state index in [-0.39, 0.29) is 18.3 Å². The van der Waals surface area contributed by atoms with Crippen LogP contribution in [0.25, 0.3) is 0 Å². The minimum Gasteiger partial charge on any atom is -0.478 e. The summed E-state index contributed by atoms with van der Waals surface area (Å²) < 4.78 is 45.3. The Balaban J connectivity index is 2.09. The first-order valence-electron chi connectivity index (χ1n) is 7.77. The van der Waals surface area contributed by atoms with Crippen molar-refractivity contribution in [3.05, 3.63) is 17.5 Å². The number of esters is 1. The van der Waals surface area contributed by atoms with Crippen molar-refractivity contribution in [3.8, 4) is 0 Å². The van der Waals surface area contributed by atoms with Crippen LogP contribution in [0, 0.1) is 5.92 Å². The van der Waals surface area contributed by atoms with Gasteiger partial charge in [0, 0.05) is 6.42 Å². The van der Waals surface area contributed by atoms with Crippen LogP contribution >= 0.6 is 0 Å². The zero-order chi connectivity index (χ0) is 17.9. The molecule has 1 aliphatic carbocycles. The number of aromatic carboxylic acids is 1. The van der Waals surface area contributed by atoms with E-state index in [4.69, 9.17) is 9.84 Å². The number of hydrogen-bond donors (Lipinski definition) is 1. The lowest BCUT2D eigenvalue weighted by Crippen LogP contribution is -2.26. The van der Waals surface area contributed by atoms with Gasteiger partial charge in [-0.1, -0.05) is 0 Å². The molecule has 0 unspecified atom stereocenters. The van der Waals surface area contributed by atoms with Crippen molar-refractivity contribution in [2.45, 2.75) is 51.2 Å². The smallest absolute Gasteiger partial charge is 0.433 e. The Morgan fingerprint density at radius 1 is 1.33 bits per heavy atom. The zero-order valence-corrected chi connectivity index (χ0v) is 13.2. The Kier molecular flexibility index (Phi) is 5.51. The van der Waals surface area contributed by atoms with E-state index in [2.05, 4.69) is 5.10 Å². The second kappa shape index (κ2) is 7.23. The molecule has 9 heteroatoms. The molecule has 0 bridgehead atoms. The minimum absolute atomic E-state index is 0.0733. The molecule has 1 N–H and O–H groups in total. The van der Waals surface area contributed by atoms with Gasteiger partial charge in [0.15, 0.2) is 5.69 Å². The summed E-state index contributed by atoms with van der Waals surface area (Å²) in [7, 11) is 0. The summed E-state index contributed by atoms with van der Waals surface area (Å²) in [6, 6.07) is -0.520. The molecule has 0 aliphatic heterocycles. The average molecular weight is 348 g/mol. The maximum atomic E-state index is 13.2. The quantitative estimate of drug-likeness (QED) is 0.826. The van der Waals surface area contributed by atoms with E-state index < -0.39 is 29.4 Å². The summed E-state index contributed by atoms with van der Waals surface area (Å²) in [6.45, 7) is 2.01. The summed E-state index contributed by atoms with van der Waals surface area (Å²) in [5, 5.41) is 12.6. The monoisotopic (exact) mass is 348 g/mol. The number of nitrogens with zero attached hydrogens (tertiary/aromatic N) is 2. The van der Waals surface area contributed by atoms with Crippen LogP contribution in [0.2, 0.25) is 0 Å². The van der Waals surface area contributed by atoms with Crippen LogP contribution < -0.4 is 0 Å². The molecule has 6 nitrogen and oxygen atoms in total. The fourth-order valence-electron chi connectivity index (χ4n) is 3.13. The number of aromatic nitrogens is 2. The third-order valence-electron chi connectivity index (χ3n) is 4.22. The Hall–Kier alpha value is -2.06. The lowest BCUT2D eigenvalue weighted by atomic mass is 9.84. The van der Waals surface area contributed by atoms with Crippen LogP contribution in [0.5, 0.6) is 0 Å². The van der Waals surface area contributed by atoms with Crippen molar-refractivity contribution >= 4 is 11.9 Å². The molecule has 2 rings (SSSR count). The largest absolute Gasteiger partial charge is 0.478 e. The first-order valence-corrected chi connectivity index (χ1v) is 7.77. The highest BCUT2D eigenvalue weighted by Crippen LogP contribution is 2.39. The molecule has 1 heterocycles. The van der Waals surface area contributed by atoms with Gasteiger partial charge in [-0.05, 0) is 38.5 Å². The topological polar surface area (TPSA) is 81.4 Å². The van der Waals surface area contributed by atoms with Crippen molar-refractivity contribution in [1.82, 2.24) is 9.78 Å². The molecule has 1 saturated carbocycles. The van der Waals surface area contributed by atoms with Gasteiger partial charge in [0.2, 0.25) is 0 Å². The van der Waals surface area contributed by atoms with E-state index in [1.807, 2.05) is 0 Å². The molecule has 0 saturated heterocycles. The van der Waals surface area contributed by atoms with Crippen molar-refractivity contribution < 1.29 is 32.6 Å². The molecule has 134 valence electrons. The van der Waals surface area contributed by atoms with Crippen LogP contribution in [0.15, 0.2) is 6.20 Å².